The number of methoxy groups -OCH3 is 1. The lowest BCUT2D eigenvalue weighted by molar-refractivity contribution is 0.414. The molecule has 1 saturated carbocycles. The van der Waals surface area contributed by atoms with Crippen LogP contribution in [0.1, 0.15) is 57.1 Å². The van der Waals surface area contributed by atoms with Crippen LogP contribution in [0.3, 0.4) is 0 Å². The molecule has 4 heteroatoms. The molecule has 3 aromatic rings. The Kier molecular flexibility index (Phi) is 10.6. The Morgan fingerprint density at radius 2 is 1.67 bits per heavy atom. The van der Waals surface area contributed by atoms with Gasteiger partial charge in [-0.1, -0.05) is 111 Å². The van der Waals surface area contributed by atoms with Crippen LogP contribution in [-0.2, 0) is 0 Å². The van der Waals surface area contributed by atoms with Crippen LogP contribution in [0.4, 0.5) is 5.69 Å². The van der Waals surface area contributed by atoms with Gasteiger partial charge in [0.1, 0.15) is 17.4 Å². The molecule has 0 bridgehead atoms. The summed E-state index contributed by atoms with van der Waals surface area (Å²) in [6.07, 6.45) is 16.1. The molecule has 2 N–H and O–H groups in total. The highest BCUT2D eigenvalue weighted by Crippen LogP contribution is 2.45. The van der Waals surface area contributed by atoms with Crippen molar-refractivity contribution in [2.45, 2.75) is 46.0 Å². The average Bonchev–Trinajstić information content (AvgIpc) is 3.05. The van der Waals surface area contributed by atoms with Gasteiger partial charge in [0.2, 0.25) is 0 Å². The van der Waals surface area contributed by atoms with E-state index in [9.17, 15) is 0 Å². The van der Waals surface area contributed by atoms with Gasteiger partial charge in [0.25, 0.3) is 0 Å². The maximum absolute atomic E-state index is 5.52. The lowest BCUT2D eigenvalue weighted by Gasteiger charge is -2.40. The Balaban J connectivity index is 1.85. The smallest absolute Gasteiger partial charge is 0.120 e. The zero-order valence-corrected chi connectivity index (χ0v) is 27.1. The van der Waals surface area contributed by atoms with Crippen molar-refractivity contribution in [1.29, 1.82) is 0 Å². The highest BCUT2D eigenvalue weighted by Gasteiger charge is 2.33. The van der Waals surface area contributed by atoms with Crippen molar-refractivity contribution < 1.29 is 4.74 Å². The van der Waals surface area contributed by atoms with Crippen molar-refractivity contribution >= 4 is 16.8 Å². The van der Waals surface area contributed by atoms with E-state index >= 15 is 0 Å². The van der Waals surface area contributed by atoms with Crippen LogP contribution < -0.4 is 15.4 Å². The van der Waals surface area contributed by atoms with Gasteiger partial charge in [-0.2, -0.15) is 0 Å². The standard InChI is InChI=1S/C41H45N3O/c1-6-9-25-36(30(17-7-2)18-8-3)37(31-19-12-10-13-20-31)41-43-40(42-34-23-14-11-15-24-34)38(32-26-28-35(45-5)29-27-32)39(44(41)4)33-21-16-22-33/h7-8,10-15,17-20,23-29,42-43H,2,6,9,16,21-22H2,1,3-5H3/b18-8-,30-17+,36-25+,41-37-. The summed E-state index contributed by atoms with van der Waals surface area (Å²) in [5, 5.41) is 7.73. The molecule has 5 rings (SSSR count). The molecule has 3 aromatic carbocycles. The molecule has 0 aromatic heterocycles. The molecule has 1 heterocycles. The van der Waals surface area contributed by atoms with Crippen LogP contribution in [0.25, 0.3) is 11.1 Å². The van der Waals surface area contributed by atoms with Gasteiger partial charge in [0, 0.05) is 23.9 Å². The van der Waals surface area contributed by atoms with E-state index in [0.717, 1.165) is 76.6 Å². The molecule has 1 aliphatic carbocycles. The summed E-state index contributed by atoms with van der Waals surface area (Å²) in [4.78, 5) is 2.38. The Morgan fingerprint density at radius 1 is 0.978 bits per heavy atom. The zero-order chi connectivity index (χ0) is 31.6. The number of likely N-dealkylation sites (N-methyl/N-ethyl adjacent to an activating group) is 1. The molecule has 230 valence electrons. The normalized spacial score (nSPS) is 16.8. The third-order valence-corrected chi connectivity index (χ3v) is 8.28. The van der Waals surface area contributed by atoms with E-state index in [0.29, 0.717) is 0 Å². The Hall–Kier alpha value is -4.96. The molecule has 1 aliphatic heterocycles. The molecule has 45 heavy (non-hydrogen) atoms. The minimum absolute atomic E-state index is 0.843. The molecular formula is C41H45N3O. The van der Waals surface area contributed by atoms with E-state index in [2.05, 4.69) is 134 Å². The van der Waals surface area contributed by atoms with E-state index < -0.39 is 0 Å². The van der Waals surface area contributed by atoms with Crippen LogP contribution in [0.2, 0.25) is 0 Å². The summed E-state index contributed by atoms with van der Waals surface area (Å²) in [5.74, 6) is 2.83. The first-order valence-corrected chi connectivity index (χ1v) is 16.0. The second-order valence-electron chi connectivity index (χ2n) is 11.3. The SMILES string of the molecule is C=C/C=C(\C=C/C)C(=C\CCC)/C(=C1/NC(Nc2ccccc2)=C(c2ccc(OC)cc2)C(=C2CCC2)N1C)c1ccccc1. The number of anilines is 1. The fourth-order valence-electron chi connectivity index (χ4n) is 5.91. The Bertz CT molecular complexity index is 1660. The van der Waals surface area contributed by atoms with Crippen molar-refractivity contribution in [3.63, 3.8) is 0 Å². The molecular weight excluding hydrogens is 550 g/mol. The number of hydrogen-bond donors (Lipinski definition) is 2. The first-order valence-electron chi connectivity index (χ1n) is 16.0. The molecule has 0 unspecified atom stereocenters. The highest BCUT2D eigenvalue weighted by atomic mass is 16.5. The summed E-state index contributed by atoms with van der Waals surface area (Å²) in [5.41, 5.74) is 10.6. The Morgan fingerprint density at radius 3 is 2.24 bits per heavy atom. The second kappa shape index (κ2) is 15.2. The topological polar surface area (TPSA) is 36.5 Å². The predicted molar refractivity (Wildman–Crippen MR) is 191 cm³/mol. The van der Waals surface area contributed by atoms with Crippen molar-refractivity contribution in [2.75, 3.05) is 19.5 Å². The van der Waals surface area contributed by atoms with Gasteiger partial charge in [-0.3, -0.25) is 0 Å². The number of rotatable bonds is 11. The van der Waals surface area contributed by atoms with Gasteiger partial charge in [-0.05, 0) is 84.7 Å². The Labute approximate surface area is 269 Å². The van der Waals surface area contributed by atoms with Crippen molar-refractivity contribution in [3.8, 4) is 5.75 Å². The molecule has 0 spiro atoms. The molecule has 0 radical (unpaired) electrons. The number of para-hydroxylation sites is 1. The summed E-state index contributed by atoms with van der Waals surface area (Å²) in [7, 11) is 3.92. The van der Waals surface area contributed by atoms with E-state index in [4.69, 9.17) is 4.74 Å². The highest BCUT2D eigenvalue weighted by molar-refractivity contribution is 5.91. The average molecular weight is 596 g/mol. The molecule has 4 nitrogen and oxygen atoms in total. The maximum atomic E-state index is 5.52. The quantitative estimate of drug-likeness (QED) is 0.216. The first-order chi connectivity index (χ1) is 22.1. The van der Waals surface area contributed by atoms with Crippen molar-refractivity contribution in [1.82, 2.24) is 10.2 Å². The summed E-state index contributed by atoms with van der Waals surface area (Å²) < 4.78 is 5.52. The summed E-state index contributed by atoms with van der Waals surface area (Å²) in [6, 6.07) is 29.5. The van der Waals surface area contributed by atoms with E-state index in [1.54, 1.807) is 7.11 Å². The molecule has 0 atom stereocenters. The third kappa shape index (κ3) is 7.07. The van der Waals surface area contributed by atoms with Crippen LogP contribution in [0.15, 0.2) is 156 Å². The van der Waals surface area contributed by atoms with Crippen LogP contribution >= 0.6 is 0 Å². The third-order valence-electron chi connectivity index (χ3n) is 8.28. The fourth-order valence-corrected chi connectivity index (χ4v) is 5.91. The number of ether oxygens (including phenoxy) is 1. The van der Waals surface area contributed by atoms with Crippen molar-refractivity contribution in [3.05, 3.63) is 167 Å². The molecule has 0 amide bonds. The summed E-state index contributed by atoms with van der Waals surface area (Å²) >= 11 is 0. The second-order valence-corrected chi connectivity index (χ2v) is 11.3. The predicted octanol–water partition coefficient (Wildman–Crippen LogP) is 10.2. The fraction of sp³-hybridized carbons (Fsp3) is 0.220. The minimum Gasteiger partial charge on any atom is -0.497 e. The van der Waals surface area contributed by atoms with Crippen LogP contribution in [0, 0.1) is 0 Å². The van der Waals surface area contributed by atoms with Gasteiger partial charge in [0.05, 0.1) is 12.8 Å². The minimum atomic E-state index is 0.843. The van der Waals surface area contributed by atoms with Crippen LogP contribution in [0.5, 0.6) is 5.75 Å². The first kappa shape index (κ1) is 31.5. The lowest BCUT2D eigenvalue weighted by atomic mass is 9.84. The molecule has 1 fully saturated rings. The number of hydrogen-bond acceptors (Lipinski definition) is 4. The zero-order valence-electron chi connectivity index (χ0n) is 27.1. The van der Waals surface area contributed by atoms with E-state index in [1.165, 1.54) is 23.3 Å². The maximum Gasteiger partial charge on any atom is 0.120 e. The number of unbranched alkanes of at least 4 members (excludes halogenated alkanes) is 1. The van der Waals surface area contributed by atoms with E-state index in [-0.39, 0.29) is 0 Å². The van der Waals surface area contributed by atoms with Crippen molar-refractivity contribution in [2.24, 2.45) is 0 Å². The number of benzene rings is 3. The van der Waals surface area contributed by atoms with Gasteiger partial charge < -0.3 is 20.3 Å². The monoisotopic (exact) mass is 595 g/mol. The lowest BCUT2D eigenvalue weighted by Crippen LogP contribution is -2.39. The summed E-state index contributed by atoms with van der Waals surface area (Å²) in [6.45, 7) is 8.36. The van der Waals surface area contributed by atoms with Gasteiger partial charge in [0.15, 0.2) is 0 Å². The number of nitrogens with one attached hydrogen (secondary N) is 2. The van der Waals surface area contributed by atoms with Crippen LogP contribution in [-0.4, -0.2) is 19.1 Å². The van der Waals surface area contributed by atoms with Gasteiger partial charge in [-0.25, -0.2) is 0 Å². The number of nitrogens with zero attached hydrogens (tertiary/aromatic N) is 1. The largest absolute Gasteiger partial charge is 0.497 e. The number of allylic oxidation sites excluding steroid dienone is 10. The van der Waals surface area contributed by atoms with Gasteiger partial charge in [-0.15, -0.1) is 0 Å². The van der Waals surface area contributed by atoms with E-state index in [1.807, 2.05) is 24.3 Å². The molecule has 0 saturated heterocycles. The van der Waals surface area contributed by atoms with Gasteiger partial charge >= 0.3 is 0 Å². The molecule has 2 aliphatic rings.